The molecular weight excluding hydrogens is 344 g/mol. The molecule has 6 nitrogen and oxygen atoms in total. The van der Waals surface area contributed by atoms with Crippen LogP contribution in [0.5, 0.6) is 11.5 Å². The van der Waals surface area contributed by atoms with Gasteiger partial charge in [0.2, 0.25) is 5.91 Å². The van der Waals surface area contributed by atoms with E-state index >= 15 is 0 Å². The van der Waals surface area contributed by atoms with E-state index in [1.54, 1.807) is 7.11 Å². The number of amides is 1. The first-order chi connectivity index (χ1) is 11.7. The van der Waals surface area contributed by atoms with Crippen LogP contribution in [0.1, 0.15) is 38.2 Å². The minimum atomic E-state index is -0.392. The molecule has 0 unspecified atom stereocenters. The molecule has 1 aromatic rings. The highest BCUT2D eigenvalue weighted by Gasteiger charge is 2.29. The van der Waals surface area contributed by atoms with Crippen LogP contribution in [0.25, 0.3) is 0 Å². The topological polar surface area (TPSA) is 82.8 Å². The standard InChI is InChI=1S/C18H28N2O4.ClH/c1-3-4-9-23-15-7-5-13(10-17(15)22-2)12-20-18(21)16-8-6-14(11-19)24-16;/h5,7,10,14,16H,3-4,6,8-9,11-12,19H2,1-2H3,(H,20,21);1H/t14-,16+;/m1./s1. The van der Waals surface area contributed by atoms with Gasteiger partial charge in [0, 0.05) is 13.1 Å². The fraction of sp³-hybridized carbons (Fsp3) is 0.611. The van der Waals surface area contributed by atoms with Crippen LogP contribution >= 0.6 is 12.4 Å². The Morgan fingerprint density at radius 1 is 1.36 bits per heavy atom. The summed E-state index contributed by atoms with van der Waals surface area (Å²) < 4.78 is 16.7. The van der Waals surface area contributed by atoms with Gasteiger partial charge in [0.1, 0.15) is 6.10 Å². The van der Waals surface area contributed by atoms with Gasteiger partial charge in [0.15, 0.2) is 11.5 Å². The van der Waals surface area contributed by atoms with E-state index in [4.69, 9.17) is 19.9 Å². The quantitative estimate of drug-likeness (QED) is 0.650. The molecule has 0 aromatic heterocycles. The Labute approximate surface area is 155 Å². The molecular formula is C18H29ClN2O4. The Morgan fingerprint density at radius 2 is 2.16 bits per heavy atom. The van der Waals surface area contributed by atoms with Crippen LogP contribution in [0.15, 0.2) is 18.2 Å². The highest BCUT2D eigenvalue weighted by atomic mass is 35.5. The third-order valence-corrected chi connectivity index (χ3v) is 4.11. The number of rotatable bonds is 9. The lowest BCUT2D eigenvalue weighted by molar-refractivity contribution is -0.132. The predicted octanol–water partition coefficient (Wildman–Crippen LogP) is 2.42. The van der Waals surface area contributed by atoms with Crippen LogP contribution in [0.3, 0.4) is 0 Å². The van der Waals surface area contributed by atoms with Gasteiger partial charge in [-0.15, -0.1) is 12.4 Å². The highest BCUT2D eigenvalue weighted by molar-refractivity contribution is 5.85. The minimum Gasteiger partial charge on any atom is -0.493 e. The van der Waals surface area contributed by atoms with Crippen molar-refractivity contribution in [3.05, 3.63) is 23.8 Å². The second kappa shape index (κ2) is 11.2. The van der Waals surface area contributed by atoms with Crippen molar-refractivity contribution in [3.8, 4) is 11.5 Å². The van der Waals surface area contributed by atoms with Gasteiger partial charge >= 0.3 is 0 Å². The smallest absolute Gasteiger partial charge is 0.249 e. The lowest BCUT2D eigenvalue weighted by Crippen LogP contribution is -2.35. The number of hydrogen-bond donors (Lipinski definition) is 2. The molecule has 142 valence electrons. The largest absolute Gasteiger partial charge is 0.493 e. The Balaban J connectivity index is 0.00000312. The molecule has 1 aliphatic rings. The van der Waals surface area contributed by atoms with Crippen molar-refractivity contribution in [2.24, 2.45) is 5.73 Å². The number of nitrogens with two attached hydrogens (primary N) is 1. The first-order valence-corrected chi connectivity index (χ1v) is 8.60. The number of nitrogens with one attached hydrogen (secondary N) is 1. The van der Waals surface area contributed by atoms with Crippen molar-refractivity contribution < 1.29 is 19.0 Å². The van der Waals surface area contributed by atoms with E-state index in [0.717, 1.165) is 37.0 Å². The number of carbonyl (C=O) groups excluding carboxylic acids is 1. The Bertz CT molecular complexity index is 542. The molecule has 0 bridgehead atoms. The summed E-state index contributed by atoms with van der Waals surface area (Å²) in [5.41, 5.74) is 6.52. The summed E-state index contributed by atoms with van der Waals surface area (Å²) in [5.74, 6) is 1.32. The van der Waals surface area contributed by atoms with Crippen LogP contribution < -0.4 is 20.5 Å². The summed E-state index contributed by atoms with van der Waals surface area (Å²) in [7, 11) is 1.61. The number of ether oxygens (including phenoxy) is 3. The summed E-state index contributed by atoms with van der Waals surface area (Å²) in [4.78, 5) is 12.1. The van der Waals surface area contributed by atoms with E-state index in [9.17, 15) is 4.79 Å². The van der Waals surface area contributed by atoms with Gasteiger partial charge in [-0.1, -0.05) is 19.4 Å². The molecule has 25 heavy (non-hydrogen) atoms. The maximum absolute atomic E-state index is 12.1. The lowest BCUT2D eigenvalue weighted by atomic mass is 10.1. The van der Waals surface area contributed by atoms with E-state index in [1.807, 2.05) is 18.2 Å². The number of carbonyl (C=O) groups is 1. The van der Waals surface area contributed by atoms with E-state index in [1.165, 1.54) is 0 Å². The number of unbranched alkanes of at least 4 members (excludes halogenated alkanes) is 1. The minimum absolute atomic E-state index is 0. The molecule has 1 heterocycles. The van der Waals surface area contributed by atoms with Crippen LogP contribution in [-0.4, -0.2) is 38.4 Å². The zero-order valence-electron chi connectivity index (χ0n) is 15.0. The Hall–Kier alpha value is -1.50. The van der Waals surface area contributed by atoms with Crippen molar-refractivity contribution in [1.29, 1.82) is 0 Å². The van der Waals surface area contributed by atoms with E-state index in [0.29, 0.717) is 25.4 Å². The molecule has 1 saturated heterocycles. The second-order valence-electron chi connectivity index (χ2n) is 5.96. The summed E-state index contributed by atoms with van der Waals surface area (Å²) in [5, 5.41) is 2.91. The number of methoxy groups -OCH3 is 1. The third kappa shape index (κ3) is 6.38. The number of benzene rings is 1. The van der Waals surface area contributed by atoms with Crippen molar-refractivity contribution in [3.63, 3.8) is 0 Å². The maximum Gasteiger partial charge on any atom is 0.249 e. The van der Waals surface area contributed by atoms with E-state index in [-0.39, 0.29) is 24.4 Å². The normalized spacial score (nSPS) is 19.2. The molecule has 0 spiro atoms. The first kappa shape index (κ1) is 21.5. The van der Waals surface area contributed by atoms with Gasteiger partial charge in [-0.3, -0.25) is 4.79 Å². The molecule has 2 rings (SSSR count). The summed E-state index contributed by atoms with van der Waals surface area (Å²) in [6.45, 7) is 3.68. The highest BCUT2D eigenvalue weighted by Crippen LogP contribution is 2.28. The molecule has 3 N–H and O–H groups in total. The van der Waals surface area contributed by atoms with Crippen molar-refractivity contribution in [1.82, 2.24) is 5.32 Å². The van der Waals surface area contributed by atoms with E-state index in [2.05, 4.69) is 12.2 Å². The monoisotopic (exact) mass is 372 g/mol. The lowest BCUT2D eigenvalue weighted by Gasteiger charge is -2.14. The van der Waals surface area contributed by atoms with Gasteiger partial charge in [-0.2, -0.15) is 0 Å². The predicted molar refractivity (Wildman–Crippen MR) is 99.4 cm³/mol. The zero-order valence-corrected chi connectivity index (χ0v) is 15.8. The van der Waals surface area contributed by atoms with Crippen molar-refractivity contribution in [2.45, 2.75) is 51.4 Å². The maximum atomic E-state index is 12.1. The molecule has 1 aliphatic heterocycles. The van der Waals surface area contributed by atoms with Gasteiger partial charge < -0.3 is 25.3 Å². The summed E-state index contributed by atoms with van der Waals surface area (Å²) >= 11 is 0. The average Bonchev–Trinajstić information content (AvgIpc) is 3.09. The molecule has 7 heteroatoms. The molecule has 0 aliphatic carbocycles. The van der Waals surface area contributed by atoms with Crippen LogP contribution in [0.4, 0.5) is 0 Å². The fourth-order valence-electron chi connectivity index (χ4n) is 2.64. The molecule has 0 radical (unpaired) electrons. The van der Waals surface area contributed by atoms with Gasteiger partial charge in [0.05, 0.1) is 19.8 Å². The third-order valence-electron chi connectivity index (χ3n) is 4.11. The Morgan fingerprint density at radius 3 is 2.80 bits per heavy atom. The van der Waals surface area contributed by atoms with Crippen LogP contribution in [0.2, 0.25) is 0 Å². The average molecular weight is 373 g/mol. The van der Waals surface area contributed by atoms with Crippen LogP contribution in [-0.2, 0) is 16.1 Å². The fourth-order valence-corrected chi connectivity index (χ4v) is 2.64. The second-order valence-corrected chi connectivity index (χ2v) is 5.96. The zero-order chi connectivity index (χ0) is 17.4. The molecule has 2 atom stereocenters. The van der Waals surface area contributed by atoms with Crippen molar-refractivity contribution in [2.75, 3.05) is 20.3 Å². The molecule has 0 saturated carbocycles. The summed E-state index contributed by atoms with van der Waals surface area (Å²) in [6.07, 6.45) is 3.26. The van der Waals surface area contributed by atoms with Gasteiger partial charge in [0.25, 0.3) is 0 Å². The van der Waals surface area contributed by atoms with Crippen molar-refractivity contribution >= 4 is 18.3 Å². The molecule has 1 fully saturated rings. The summed E-state index contributed by atoms with van der Waals surface area (Å²) in [6, 6.07) is 5.70. The Kier molecular flexibility index (Phi) is 9.63. The van der Waals surface area contributed by atoms with E-state index < -0.39 is 6.10 Å². The molecule has 1 aromatic carbocycles. The SMILES string of the molecule is CCCCOc1ccc(CNC(=O)[C@@H]2CC[C@H](CN)O2)cc1OC.Cl. The number of halogens is 1. The molecule has 1 amide bonds. The van der Waals surface area contributed by atoms with Crippen LogP contribution in [0, 0.1) is 0 Å². The first-order valence-electron chi connectivity index (χ1n) is 8.60. The number of hydrogen-bond acceptors (Lipinski definition) is 5. The van der Waals surface area contributed by atoms with Gasteiger partial charge in [-0.25, -0.2) is 0 Å². The van der Waals surface area contributed by atoms with Gasteiger partial charge in [-0.05, 0) is 37.0 Å².